The van der Waals surface area contributed by atoms with Gasteiger partial charge in [0.05, 0.1) is 19.9 Å². The minimum atomic E-state index is -1.02. The van der Waals surface area contributed by atoms with Gasteiger partial charge in [0, 0.05) is 0 Å². The fraction of sp³-hybridized carbons (Fsp3) is 0.211. The zero-order chi connectivity index (χ0) is 18.7. The van der Waals surface area contributed by atoms with Crippen LogP contribution in [-0.2, 0) is 16.0 Å². The highest BCUT2D eigenvalue weighted by Crippen LogP contribution is 2.27. The van der Waals surface area contributed by atoms with Gasteiger partial charge in [0.25, 0.3) is 0 Å². The number of hydrogen-bond donors (Lipinski definition) is 1. The Balaban J connectivity index is 1.90. The molecule has 2 aromatic carbocycles. The summed E-state index contributed by atoms with van der Waals surface area (Å²) in [6.45, 7) is 0. The third-order valence-electron chi connectivity index (χ3n) is 4.22. The van der Waals surface area contributed by atoms with E-state index in [0.717, 1.165) is 4.90 Å². The van der Waals surface area contributed by atoms with E-state index < -0.39 is 23.8 Å². The molecule has 0 bridgehead atoms. The number of nitrogens with zero attached hydrogens (tertiary/aromatic N) is 1. The lowest BCUT2D eigenvalue weighted by molar-refractivity contribution is -0.134. The molecular weight excluding hydrogens is 336 g/mol. The predicted molar refractivity (Wildman–Crippen MR) is 94.2 cm³/mol. The maximum absolute atomic E-state index is 12.9. The number of carbonyl (C=O) groups is 3. The van der Waals surface area contributed by atoms with Crippen molar-refractivity contribution < 1.29 is 23.9 Å². The highest BCUT2D eigenvalue weighted by Gasteiger charge is 2.41. The molecule has 0 saturated carbocycles. The van der Waals surface area contributed by atoms with Crippen LogP contribution in [0.25, 0.3) is 0 Å². The van der Waals surface area contributed by atoms with Gasteiger partial charge in [-0.1, -0.05) is 18.2 Å². The SMILES string of the molecule is COc1ccc(N2C(=O)NC(=O)[C@H](Cc3ccccc3OC)C2=O)cc1. The van der Waals surface area contributed by atoms with Gasteiger partial charge in [-0.25, -0.2) is 9.69 Å². The van der Waals surface area contributed by atoms with E-state index >= 15 is 0 Å². The van der Waals surface area contributed by atoms with E-state index in [2.05, 4.69) is 5.32 Å². The lowest BCUT2D eigenvalue weighted by Gasteiger charge is -2.30. The molecule has 1 fully saturated rings. The number of para-hydroxylation sites is 1. The highest BCUT2D eigenvalue weighted by atomic mass is 16.5. The molecule has 7 heteroatoms. The molecule has 7 nitrogen and oxygen atoms in total. The Bertz CT molecular complexity index is 847. The molecule has 2 aromatic rings. The standard InChI is InChI=1S/C19H18N2O5/c1-25-14-9-7-13(8-10-14)21-18(23)15(17(22)20-19(21)24)11-12-5-3-4-6-16(12)26-2/h3-10,15H,11H2,1-2H3,(H,20,22,24)/t15-/m0/s1. The number of urea groups is 1. The Kier molecular flexibility index (Phi) is 4.88. The van der Waals surface area contributed by atoms with Gasteiger partial charge in [0.15, 0.2) is 0 Å². The monoisotopic (exact) mass is 354 g/mol. The van der Waals surface area contributed by atoms with Crippen LogP contribution in [0.1, 0.15) is 5.56 Å². The first kappa shape index (κ1) is 17.5. The predicted octanol–water partition coefficient (Wildman–Crippen LogP) is 2.15. The molecular formula is C19H18N2O5. The van der Waals surface area contributed by atoms with Crippen molar-refractivity contribution in [2.75, 3.05) is 19.1 Å². The highest BCUT2D eigenvalue weighted by molar-refractivity contribution is 6.27. The Morgan fingerprint density at radius 3 is 2.31 bits per heavy atom. The van der Waals surface area contributed by atoms with Crippen LogP contribution >= 0.6 is 0 Å². The van der Waals surface area contributed by atoms with Crippen molar-refractivity contribution in [3.63, 3.8) is 0 Å². The molecule has 0 spiro atoms. The molecule has 0 radical (unpaired) electrons. The summed E-state index contributed by atoms with van der Waals surface area (Å²) in [5.74, 6) is -1.03. The average Bonchev–Trinajstić information content (AvgIpc) is 2.66. The molecule has 1 aliphatic heterocycles. The zero-order valence-corrected chi connectivity index (χ0v) is 14.4. The third kappa shape index (κ3) is 3.23. The second kappa shape index (κ2) is 7.26. The van der Waals surface area contributed by atoms with Crippen LogP contribution in [0.2, 0.25) is 0 Å². The number of nitrogens with one attached hydrogen (secondary N) is 1. The molecule has 1 atom stereocenters. The number of amides is 4. The molecule has 4 amide bonds. The first-order valence-corrected chi connectivity index (χ1v) is 8.00. The number of benzene rings is 2. The van der Waals surface area contributed by atoms with Crippen molar-refractivity contribution in [1.82, 2.24) is 5.32 Å². The van der Waals surface area contributed by atoms with Crippen molar-refractivity contribution in [1.29, 1.82) is 0 Å². The molecule has 3 rings (SSSR count). The van der Waals surface area contributed by atoms with Crippen LogP contribution in [0.15, 0.2) is 48.5 Å². The Morgan fingerprint density at radius 2 is 1.65 bits per heavy atom. The maximum Gasteiger partial charge on any atom is 0.335 e. The van der Waals surface area contributed by atoms with Crippen LogP contribution in [0, 0.1) is 5.92 Å². The number of ether oxygens (including phenoxy) is 2. The average molecular weight is 354 g/mol. The van der Waals surface area contributed by atoms with Gasteiger partial charge in [-0.3, -0.25) is 14.9 Å². The van der Waals surface area contributed by atoms with Gasteiger partial charge < -0.3 is 9.47 Å². The smallest absolute Gasteiger partial charge is 0.335 e. The molecule has 1 heterocycles. The van der Waals surface area contributed by atoms with Crippen LogP contribution in [-0.4, -0.2) is 32.1 Å². The summed E-state index contributed by atoms with van der Waals surface area (Å²) in [6.07, 6.45) is 0.134. The van der Waals surface area contributed by atoms with Crippen LogP contribution in [0.4, 0.5) is 10.5 Å². The second-order valence-electron chi connectivity index (χ2n) is 5.73. The van der Waals surface area contributed by atoms with Crippen molar-refractivity contribution in [3.05, 3.63) is 54.1 Å². The molecule has 1 N–H and O–H groups in total. The van der Waals surface area contributed by atoms with E-state index in [-0.39, 0.29) is 6.42 Å². The summed E-state index contributed by atoms with van der Waals surface area (Å²) < 4.78 is 10.4. The number of carbonyl (C=O) groups excluding carboxylic acids is 3. The lowest BCUT2D eigenvalue weighted by Crippen LogP contribution is -2.58. The van der Waals surface area contributed by atoms with Gasteiger partial charge in [0.1, 0.15) is 17.4 Å². The van der Waals surface area contributed by atoms with Crippen molar-refractivity contribution in [3.8, 4) is 11.5 Å². The fourth-order valence-electron chi connectivity index (χ4n) is 2.86. The van der Waals surface area contributed by atoms with E-state index in [1.54, 1.807) is 48.5 Å². The molecule has 0 aromatic heterocycles. The van der Waals surface area contributed by atoms with Crippen LogP contribution < -0.4 is 19.7 Å². The van der Waals surface area contributed by atoms with E-state index in [9.17, 15) is 14.4 Å². The molecule has 0 unspecified atom stereocenters. The first-order chi connectivity index (χ1) is 12.5. The Morgan fingerprint density at radius 1 is 0.962 bits per heavy atom. The van der Waals surface area contributed by atoms with Gasteiger partial charge in [-0.15, -0.1) is 0 Å². The largest absolute Gasteiger partial charge is 0.497 e. The summed E-state index contributed by atoms with van der Waals surface area (Å²) >= 11 is 0. The zero-order valence-electron chi connectivity index (χ0n) is 14.4. The van der Waals surface area contributed by atoms with Gasteiger partial charge >= 0.3 is 6.03 Å². The number of rotatable bonds is 5. The molecule has 134 valence electrons. The van der Waals surface area contributed by atoms with Crippen molar-refractivity contribution in [2.45, 2.75) is 6.42 Å². The summed E-state index contributed by atoms with van der Waals surface area (Å²) in [7, 11) is 3.05. The number of hydrogen-bond acceptors (Lipinski definition) is 5. The van der Waals surface area contributed by atoms with E-state index in [0.29, 0.717) is 22.7 Å². The van der Waals surface area contributed by atoms with Gasteiger partial charge in [0.2, 0.25) is 11.8 Å². The van der Waals surface area contributed by atoms with Crippen LogP contribution in [0.5, 0.6) is 11.5 Å². The number of anilines is 1. The Hall–Kier alpha value is -3.35. The topological polar surface area (TPSA) is 84.9 Å². The van der Waals surface area contributed by atoms with Crippen molar-refractivity contribution >= 4 is 23.5 Å². The van der Waals surface area contributed by atoms with Gasteiger partial charge in [-0.05, 0) is 42.3 Å². The molecule has 1 saturated heterocycles. The third-order valence-corrected chi connectivity index (χ3v) is 4.22. The first-order valence-electron chi connectivity index (χ1n) is 8.00. The van der Waals surface area contributed by atoms with E-state index in [4.69, 9.17) is 9.47 Å². The number of barbiturate groups is 1. The normalized spacial score (nSPS) is 17.1. The number of methoxy groups -OCH3 is 2. The van der Waals surface area contributed by atoms with E-state index in [1.807, 2.05) is 0 Å². The van der Waals surface area contributed by atoms with Crippen LogP contribution in [0.3, 0.4) is 0 Å². The van der Waals surface area contributed by atoms with Crippen molar-refractivity contribution in [2.24, 2.45) is 5.92 Å². The van der Waals surface area contributed by atoms with E-state index in [1.165, 1.54) is 14.2 Å². The maximum atomic E-state index is 12.9. The second-order valence-corrected chi connectivity index (χ2v) is 5.73. The minimum Gasteiger partial charge on any atom is -0.497 e. The molecule has 26 heavy (non-hydrogen) atoms. The fourth-order valence-corrected chi connectivity index (χ4v) is 2.86. The summed E-state index contributed by atoms with van der Waals surface area (Å²) in [6, 6.07) is 12.8. The summed E-state index contributed by atoms with van der Waals surface area (Å²) in [5, 5.41) is 2.25. The molecule has 1 aliphatic rings. The molecule has 0 aliphatic carbocycles. The lowest BCUT2D eigenvalue weighted by atomic mass is 9.94. The van der Waals surface area contributed by atoms with Gasteiger partial charge in [-0.2, -0.15) is 0 Å². The summed E-state index contributed by atoms with van der Waals surface area (Å²) in [5.41, 5.74) is 1.08. The summed E-state index contributed by atoms with van der Waals surface area (Å²) in [4.78, 5) is 38.3. The minimum absolute atomic E-state index is 0.134. The Labute approximate surface area is 150 Å². The quantitative estimate of drug-likeness (QED) is 0.832. The number of imide groups is 2.